The molecule has 2 N–H and O–H groups in total. The van der Waals surface area contributed by atoms with Gasteiger partial charge in [-0.05, 0) is 24.3 Å². The number of anilines is 2. The molecule has 0 aromatic heterocycles. The first-order valence-corrected chi connectivity index (χ1v) is 6.52. The number of hydrogen-bond acceptors (Lipinski definition) is 4. The zero-order chi connectivity index (χ0) is 16.3. The van der Waals surface area contributed by atoms with Crippen LogP contribution in [0.2, 0.25) is 5.02 Å². The molecule has 0 aliphatic carbocycles. The van der Waals surface area contributed by atoms with Gasteiger partial charge in [-0.2, -0.15) is 0 Å². The van der Waals surface area contributed by atoms with Gasteiger partial charge in [0.2, 0.25) is 0 Å². The molecule has 0 fully saturated rings. The summed E-state index contributed by atoms with van der Waals surface area (Å²) in [6.07, 6.45) is 0. The first-order chi connectivity index (χ1) is 10.4. The third-order valence-corrected chi connectivity index (χ3v) is 3.22. The van der Waals surface area contributed by atoms with Crippen LogP contribution in [-0.4, -0.2) is 17.9 Å². The largest absolute Gasteiger partial charge is 0.387 e. The maximum absolute atomic E-state index is 13.0. The Morgan fingerprint density at radius 2 is 1.91 bits per heavy atom. The highest BCUT2D eigenvalue weighted by atomic mass is 35.5. The van der Waals surface area contributed by atoms with Crippen molar-refractivity contribution in [3.05, 3.63) is 62.9 Å². The van der Waals surface area contributed by atoms with Crippen LogP contribution in [0.4, 0.5) is 21.5 Å². The molecule has 0 bridgehead atoms. The molecular weight excluding hydrogens is 313 g/mol. The predicted molar refractivity (Wildman–Crippen MR) is 82.0 cm³/mol. The number of amides is 1. The molecule has 0 atom stereocenters. The second kappa shape index (κ2) is 6.40. The minimum atomic E-state index is -0.596. The summed E-state index contributed by atoms with van der Waals surface area (Å²) in [7, 11) is 1.59. The molecule has 0 aliphatic heterocycles. The summed E-state index contributed by atoms with van der Waals surface area (Å²) >= 11 is 5.84. The van der Waals surface area contributed by atoms with Crippen molar-refractivity contribution in [3.63, 3.8) is 0 Å². The molecule has 0 aliphatic rings. The number of nitrogens with zero attached hydrogens (tertiary/aromatic N) is 1. The number of halogens is 2. The molecule has 2 aromatic rings. The Morgan fingerprint density at radius 1 is 1.23 bits per heavy atom. The van der Waals surface area contributed by atoms with Crippen LogP contribution < -0.4 is 10.6 Å². The van der Waals surface area contributed by atoms with E-state index in [2.05, 4.69) is 10.6 Å². The second-order valence-electron chi connectivity index (χ2n) is 4.32. The van der Waals surface area contributed by atoms with Gasteiger partial charge in [-0.15, -0.1) is 0 Å². The Bertz CT molecular complexity index is 752. The SMILES string of the molecule is CNc1ccc([N+](=O)[O-])cc1C(=O)Nc1ccc(F)cc1Cl. The number of nitro benzene ring substituents is 1. The van der Waals surface area contributed by atoms with Gasteiger partial charge in [0, 0.05) is 24.9 Å². The second-order valence-corrected chi connectivity index (χ2v) is 4.72. The van der Waals surface area contributed by atoms with E-state index in [1.54, 1.807) is 7.05 Å². The first-order valence-electron chi connectivity index (χ1n) is 6.15. The van der Waals surface area contributed by atoms with Crippen molar-refractivity contribution in [1.29, 1.82) is 0 Å². The van der Waals surface area contributed by atoms with Crippen LogP contribution >= 0.6 is 11.6 Å². The topological polar surface area (TPSA) is 84.3 Å². The monoisotopic (exact) mass is 323 g/mol. The Morgan fingerprint density at radius 3 is 2.50 bits per heavy atom. The van der Waals surface area contributed by atoms with Gasteiger partial charge in [0.25, 0.3) is 11.6 Å². The highest BCUT2D eigenvalue weighted by Crippen LogP contribution is 2.26. The lowest BCUT2D eigenvalue weighted by Gasteiger charge is -2.11. The fraction of sp³-hybridized carbons (Fsp3) is 0.0714. The van der Waals surface area contributed by atoms with Crippen molar-refractivity contribution in [1.82, 2.24) is 0 Å². The number of non-ortho nitro benzene ring substituents is 1. The smallest absolute Gasteiger partial charge is 0.270 e. The van der Waals surface area contributed by atoms with Gasteiger partial charge in [0.1, 0.15) is 5.82 Å². The van der Waals surface area contributed by atoms with E-state index in [4.69, 9.17) is 11.6 Å². The molecule has 0 spiro atoms. The van der Waals surface area contributed by atoms with Crippen molar-refractivity contribution in [2.75, 3.05) is 17.7 Å². The number of carbonyl (C=O) groups excluding carboxylic acids is 1. The molecule has 2 rings (SSSR count). The van der Waals surface area contributed by atoms with Gasteiger partial charge in [0.05, 0.1) is 21.2 Å². The van der Waals surface area contributed by atoms with E-state index >= 15 is 0 Å². The number of rotatable bonds is 4. The van der Waals surface area contributed by atoms with Gasteiger partial charge < -0.3 is 10.6 Å². The fourth-order valence-corrected chi connectivity index (χ4v) is 2.05. The third-order valence-electron chi connectivity index (χ3n) is 2.91. The highest BCUT2D eigenvalue weighted by Gasteiger charge is 2.17. The van der Waals surface area contributed by atoms with Gasteiger partial charge in [-0.1, -0.05) is 11.6 Å². The highest BCUT2D eigenvalue weighted by molar-refractivity contribution is 6.34. The quantitative estimate of drug-likeness (QED) is 0.664. The zero-order valence-corrected chi connectivity index (χ0v) is 12.1. The van der Waals surface area contributed by atoms with Crippen LogP contribution in [0.25, 0.3) is 0 Å². The minimum Gasteiger partial charge on any atom is -0.387 e. The van der Waals surface area contributed by atoms with Crippen molar-refractivity contribution in [2.45, 2.75) is 0 Å². The van der Waals surface area contributed by atoms with Crippen molar-refractivity contribution in [2.24, 2.45) is 0 Å². The van der Waals surface area contributed by atoms with E-state index in [1.165, 1.54) is 18.2 Å². The Labute approximate surface area is 130 Å². The Hall–Kier alpha value is -2.67. The average molecular weight is 324 g/mol. The molecule has 0 heterocycles. The summed E-state index contributed by atoms with van der Waals surface area (Å²) in [5, 5.41) is 16.1. The number of nitrogens with one attached hydrogen (secondary N) is 2. The van der Waals surface area contributed by atoms with Crippen LogP contribution in [0.3, 0.4) is 0 Å². The summed E-state index contributed by atoms with van der Waals surface area (Å²) in [6, 6.07) is 7.38. The van der Waals surface area contributed by atoms with E-state index < -0.39 is 16.6 Å². The van der Waals surface area contributed by atoms with Crippen molar-refractivity contribution in [3.8, 4) is 0 Å². The fourth-order valence-electron chi connectivity index (χ4n) is 1.83. The zero-order valence-electron chi connectivity index (χ0n) is 11.4. The van der Waals surface area contributed by atoms with Crippen LogP contribution in [0, 0.1) is 15.9 Å². The van der Waals surface area contributed by atoms with E-state index in [0.29, 0.717) is 5.69 Å². The third kappa shape index (κ3) is 3.32. The maximum Gasteiger partial charge on any atom is 0.270 e. The van der Waals surface area contributed by atoms with Crippen LogP contribution in [0.5, 0.6) is 0 Å². The van der Waals surface area contributed by atoms with Crippen molar-refractivity contribution < 1.29 is 14.1 Å². The molecule has 2 aromatic carbocycles. The number of nitro groups is 1. The standard InChI is InChI=1S/C14H11ClFN3O3/c1-17-12-5-3-9(19(21)22)7-10(12)14(20)18-13-4-2-8(16)6-11(13)15/h2-7,17H,1H3,(H,18,20). The molecule has 0 saturated heterocycles. The van der Waals surface area contributed by atoms with E-state index in [0.717, 1.165) is 18.2 Å². The molecule has 1 amide bonds. The molecule has 114 valence electrons. The molecule has 0 radical (unpaired) electrons. The molecule has 0 unspecified atom stereocenters. The summed E-state index contributed by atoms with van der Waals surface area (Å²) in [4.78, 5) is 22.5. The molecule has 6 nitrogen and oxygen atoms in total. The summed E-state index contributed by atoms with van der Waals surface area (Å²) in [6.45, 7) is 0. The summed E-state index contributed by atoms with van der Waals surface area (Å²) < 4.78 is 13.0. The van der Waals surface area contributed by atoms with E-state index in [-0.39, 0.29) is 22.0 Å². The van der Waals surface area contributed by atoms with Crippen LogP contribution in [0.15, 0.2) is 36.4 Å². The van der Waals surface area contributed by atoms with Gasteiger partial charge in [0.15, 0.2) is 0 Å². The van der Waals surface area contributed by atoms with Gasteiger partial charge >= 0.3 is 0 Å². The molecule has 0 saturated carbocycles. The van der Waals surface area contributed by atoms with E-state index in [9.17, 15) is 19.3 Å². The van der Waals surface area contributed by atoms with Crippen LogP contribution in [-0.2, 0) is 0 Å². The normalized spacial score (nSPS) is 10.1. The minimum absolute atomic E-state index is 0.0322. The maximum atomic E-state index is 13.0. The first kappa shape index (κ1) is 15.7. The Balaban J connectivity index is 2.35. The lowest BCUT2D eigenvalue weighted by Crippen LogP contribution is -2.14. The van der Waals surface area contributed by atoms with Crippen molar-refractivity contribution >= 4 is 34.6 Å². The lowest BCUT2D eigenvalue weighted by atomic mass is 10.1. The summed E-state index contributed by atoms with van der Waals surface area (Å²) in [5.74, 6) is -1.13. The number of carbonyl (C=O) groups is 1. The van der Waals surface area contributed by atoms with E-state index in [1.807, 2.05) is 0 Å². The summed E-state index contributed by atoms with van der Waals surface area (Å²) in [5.41, 5.74) is 0.495. The van der Waals surface area contributed by atoms with Gasteiger partial charge in [-0.3, -0.25) is 14.9 Å². The number of hydrogen-bond donors (Lipinski definition) is 2. The molecular formula is C14H11ClFN3O3. The van der Waals surface area contributed by atoms with Gasteiger partial charge in [-0.25, -0.2) is 4.39 Å². The average Bonchev–Trinajstić information content (AvgIpc) is 2.49. The molecule has 8 heteroatoms. The van der Waals surface area contributed by atoms with Crippen LogP contribution in [0.1, 0.15) is 10.4 Å². The Kier molecular flexibility index (Phi) is 4.57. The number of benzene rings is 2. The predicted octanol–water partition coefficient (Wildman–Crippen LogP) is 3.68. The lowest BCUT2D eigenvalue weighted by molar-refractivity contribution is -0.384. The molecule has 22 heavy (non-hydrogen) atoms.